The van der Waals surface area contributed by atoms with Gasteiger partial charge in [0.1, 0.15) is 10.6 Å². The lowest BCUT2D eigenvalue weighted by Gasteiger charge is -2.12. The van der Waals surface area contributed by atoms with Gasteiger partial charge >= 0.3 is 10.1 Å². The summed E-state index contributed by atoms with van der Waals surface area (Å²) in [4.78, 5) is -0.0332. The van der Waals surface area contributed by atoms with Gasteiger partial charge < -0.3 is 13.7 Å². The highest BCUT2D eigenvalue weighted by Gasteiger charge is 2.19. The van der Waals surface area contributed by atoms with Crippen molar-refractivity contribution in [3.05, 3.63) is 82.9 Å². The molecule has 0 aromatic heterocycles. The number of benzene rings is 3. The summed E-state index contributed by atoms with van der Waals surface area (Å²) in [6, 6.07) is 19.6. The average molecular weight is 456 g/mol. The van der Waals surface area contributed by atoms with Crippen LogP contribution >= 0.6 is 11.6 Å². The van der Waals surface area contributed by atoms with Crippen LogP contribution in [0.1, 0.15) is 11.1 Å². The number of halogens is 1. The van der Waals surface area contributed by atoms with E-state index in [1.165, 1.54) is 37.4 Å². The van der Waals surface area contributed by atoms with Gasteiger partial charge in [-0.2, -0.15) is 13.7 Å². The first-order valence-corrected chi connectivity index (χ1v) is 10.8. The molecule has 0 aliphatic heterocycles. The quantitative estimate of drug-likeness (QED) is 0.277. The van der Waals surface area contributed by atoms with Crippen LogP contribution in [0.15, 0.2) is 71.6 Å². The molecule has 0 fully saturated rings. The minimum atomic E-state index is -4.07. The summed E-state index contributed by atoms with van der Waals surface area (Å²) in [5.41, 5.74) is 1.78. The molecule has 0 aliphatic carbocycles. The minimum absolute atomic E-state index is 0.0255. The first-order chi connectivity index (χ1) is 14.9. The number of hydrogen-bond acceptors (Lipinski definition) is 6. The lowest BCUT2D eigenvalue weighted by Crippen LogP contribution is -2.10. The monoisotopic (exact) mass is 455 g/mol. The second-order valence-corrected chi connectivity index (χ2v) is 8.28. The molecule has 0 heterocycles. The van der Waals surface area contributed by atoms with Crippen molar-refractivity contribution < 1.29 is 22.1 Å². The fourth-order valence-electron chi connectivity index (χ4n) is 2.73. The molecule has 0 amide bonds. The summed E-state index contributed by atoms with van der Waals surface area (Å²) < 4.78 is 40.8. The summed E-state index contributed by atoms with van der Waals surface area (Å²) in [5, 5.41) is 9.97. The van der Waals surface area contributed by atoms with Crippen molar-refractivity contribution in [1.82, 2.24) is 0 Å². The lowest BCUT2D eigenvalue weighted by molar-refractivity contribution is 0.390. The first-order valence-electron chi connectivity index (χ1n) is 9.00. The maximum atomic E-state index is 12.5. The predicted molar refractivity (Wildman–Crippen MR) is 119 cm³/mol. The van der Waals surface area contributed by atoms with Crippen LogP contribution in [-0.4, -0.2) is 22.6 Å². The highest BCUT2D eigenvalue weighted by atomic mass is 35.5. The topological polar surface area (TPSA) is 85.6 Å². The number of methoxy groups -OCH3 is 2. The Balaban J connectivity index is 1.90. The second kappa shape index (κ2) is 9.56. The summed E-state index contributed by atoms with van der Waals surface area (Å²) >= 11 is 5.81. The Labute approximate surface area is 186 Å². The van der Waals surface area contributed by atoms with Gasteiger partial charge in [-0.15, -0.1) is 0 Å². The Morgan fingerprint density at radius 2 is 1.61 bits per heavy atom. The third-order valence-corrected chi connectivity index (χ3v) is 5.82. The molecule has 0 aliphatic rings. The standard InChI is InChI=1S/C23H18ClNO5S/c1-28-20-8-4-17(5-9-20)18(15-25)13-16-3-12-22(23(14-16)29-2)30-31(26,27)21-10-6-19(24)7-11-21/h3-14H,1-2H3/b18-13+. The van der Waals surface area contributed by atoms with Crippen molar-refractivity contribution in [2.45, 2.75) is 4.90 Å². The van der Waals surface area contributed by atoms with E-state index in [1.807, 2.05) is 0 Å². The Morgan fingerprint density at radius 3 is 2.19 bits per heavy atom. The van der Waals surface area contributed by atoms with E-state index in [0.29, 0.717) is 27.5 Å². The summed E-state index contributed by atoms with van der Waals surface area (Å²) in [5.74, 6) is 0.918. The van der Waals surface area contributed by atoms with Crippen LogP contribution in [0.3, 0.4) is 0 Å². The van der Waals surface area contributed by atoms with Crippen molar-refractivity contribution in [1.29, 1.82) is 5.26 Å². The van der Waals surface area contributed by atoms with Gasteiger partial charge in [-0.3, -0.25) is 0 Å². The Morgan fingerprint density at radius 1 is 0.935 bits per heavy atom. The molecule has 3 rings (SSSR count). The molecule has 0 radical (unpaired) electrons. The first kappa shape index (κ1) is 22.2. The molecule has 0 atom stereocenters. The van der Waals surface area contributed by atoms with E-state index < -0.39 is 10.1 Å². The van der Waals surface area contributed by atoms with Crippen molar-refractivity contribution in [2.75, 3.05) is 14.2 Å². The normalized spacial score (nSPS) is 11.5. The summed E-state index contributed by atoms with van der Waals surface area (Å²) in [7, 11) is -1.10. The molecular weight excluding hydrogens is 438 g/mol. The minimum Gasteiger partial charge on any atom is -0.497 e. The number of hydrogen-bond donors (Lipinski definition) is 0. The zero-order valence-corrected chi connectivity index (χ0v) is 18.3. The van der Waals surface area contributed by atoms with Gasteiger partial charge in [-0.05, 0) is 77.9 Å². The SMILES string of the molecule is COc1ccc(/C(C#N)=C/c2ccc(OS(=O)(=O)c3ccc(Cl)cc3)c(OC)c2)cc1. The Hall–Kier alpha value is -3.47. The fourth-order valence-corrected chi connectivity index (χ4v) is 3.79. The van der Waals surface area contributed by atoms with Crippen molar-refractivity contribution in [3.63, 3.8) is 0 Å². The van der Waals surface area contributed by atoms with E-state index in [4.69, 9.17) is 25.3 Å². The van der Waals surface area contributed by atoms with Crippen LogP contribution in [-0.2, 0) is 10.1 Å². The smallest absolute Gasteiger partial charge is 0.339 e. The van der Waals surface area contributed by atoms with Crippen LogP contribution < -0.4 is 13.7 Å². The number of nitriles is 1. The van der Waals surface area contributed by atoms with Gasteiger partial charge in [0.05, 0.1) is 25.9 Å². The largest absolute Gasteiger partial charge is 0.497 e. The van der Waals surface area contributed by atoms with Gasteiger partial charge in [-0.25, -0.2) is 0 Å². The van der Waals surface area contributed by atoms with E-state index in [9.17, 15) is 13.7 Å². The molecule has 0 spiro atoms. The van der Waals surface area contributed by atoms with E-state index in [2.05, 4.69) is 6.07 Å². The molecule has 3 aromatic carbocycles. The van der Waals surface area contributed by atoms with Crippen LogP contribution in [0.4, 0.5) is 0 Å². The number of ether oxygens (including phenoxy) is 2. The van der Waals surface area contributed by atoms with Gasteiger partial charge in [0.15, 0.2) is 11.5 Å². The van der Waals surface area contributed by atoms with E-state index in [1.54, 1.807) is 49.6 Å². The average Bonchev–Trinajstić information content (AvgIpc) is 2.78. The van der Waals surface area contributed by atoms with Crippen molar-refractivity contribution in [3.8, 4) is 23.3 Å². The van der Waals surface area contributed by atoms with Crippen LogP contribution in [0, 0.1) is 11.3 Å². The molecule has 0 saturated carbocycles. The summed E-state index contributed by atoms with van der Waals surface area (Å²) in [6.45, 7) is 0. The van der Waals surface area contributed by atoms with E-state index in [0.717, 1.165) is 0 Å². The molecule has 31 heavy (non-hydrogen) atoms. The number of rotatable bonds is 7. The maximum Gasteiger partial charge on any atom is 0.339 e. The molecule has 0 unspecified atom stereocenters. The second-order valence-electron chi connectivity index (χ2n) is 6.30. The molecule has 3 aromatic rings. The Bertz CT molecular complexity index is 1240. The number of nitrogens with zero attached hydrogens (tertiary/aromatic N) is 1. The fraction of sp³-hybridized carbons (Fsp3) is 0.0870. The molecule has 8 heteroatoms. The van der Waals surface area contributed by atoms with E-state index in [-0.39, 0.29) is 16.4 Å². The van der Waals surface area contributed by atoms with Crippen molar-refractivity contribution in [2.24, 2.45) is 0 Å². The Kier molecular flexibility index (Phi) is 6.85. The third-order valence-electron chi connectivity index (χ3n) is 4.32. The van der Waals surface area contributed by atoms with Gasteiger partial charge in [-0.1, -0.05) is 17.7 Å². The predicted octanol–water partition coefficient (Wildman–Crippen LogP) is 5.19. The molecule has 0 saturated heterocycles. The highest BCUT2D eigenvalue weighted by molar-refractivity contribution is 7.87. The molecule has 6 nitrogen and oxygen atoms in total. The number of allylic oxidation sites excluding steroid dienone is 1. The molecule has 158 valence electrons. The molecule has 0 N–H and O–H groups in total. The maximum absolute atomic E-state index is 12.5. The van der Waals surface area contributed by atoms with Crippen molar-refractivity contribution >= 4 is 33.4 Å². The van der Waals surface area contributed by atoms with Gasteiger partial charge in [0, 0.05) is 5.02 Å². The molecular formula is C23H18ClNO5S. The van der Waals surface area contributed by atoms with Crippen LogP contribution in [0.5, 0.6) is 17.2 Å². The van der Waals surface area contributed by atoms with Crippen LogP contribution in [0.2, 0.25) is 5.02 Å². The van der Waals surface area contributed by atoms with E-state index >= 15 is 0 Å². The van der Waals surface area contributed by atoms with Gasteiger partial charge in [0.2, 0.25) is 0 Å². The zero-order chi connectivity index (χ0) is 22.4. The lowest BCUT2D eigenvalue weighted by atomic mass is 10.0. The zero-order valence-electron chi connectivity index (χ0n) is 16.7. The molecule has 0 bridgehead atoms. The van der Waals surface area contributed by atoms with Gasteiger partial charge in [0.25, 0.3) is 0 Å². The van der Waals surface area contributed by atoms with Crippen LogP contribution in [0.25, 0.3) is 11.6 Å². The third kappa shape index (κ3) is 5.37. The summed E-state index contributed by atoms with van der Waals surface area (Å²) in [6.07, 6.45) is 1.67. The highest BCUT2D eigenvalue weighted by Crippen LogP contribution is 2.32.